The number of carbonyl (C=O) groups is 1. The number of amides is 1. The molecule has 1 aliphatic heterocycles. The van der Waals surface area contributed by atoms with Gasteiger partial charge in [-0.1, -0.05) is 47.5 Å². The molecule has 0 radical (unpaired) electrons. The molecule has 0 atom stereocenters. The van der Waals surface area contributed by atoms with Crippen molar-refractivity contribution in [2.45, 2.75) is 20.8 Å². The van der Waals surface area contributed by atoms with Gasteiger partial charge in [-0.3, -0.25) is 0 Å². The van der Waals surface area contributed by atoms with Gasteiger partial charge in [-0.2, -0.15) is 4.90 Å². The average molecular weight is 441 g/mol. The zero-order valence-corrected chi connectivity index (χ0v) is 19.9. The smallest absolute Gasteiger partial charge is 0.383 e. The minimum Gasteiger partial charge on any atom is -0.383 e. The first-order chi connectivity index (χ1) is 15.9. The van der Waals surface area contributed by atoms with Gasteiger partial charge in [-0.25, -0.2) is 9.37 Å². The van der Waals surface area contributed by atoms with E-state index in [0.717, 1.165) is 22.6 Å². The summed E-state index contributed by atoms with van der Waals surface area (Å²) in [5.74, 6) is 0.216. The predicted octanol–water partition coefficient (Wildman–Crippen LogP) is 5.62. The van der Waals surface area contributed by atoms with Gasteiger partial charge >= 0.3 is 11.9 Å². The van der Waals surface area contributed by atoms with Crippen LogP contribution in [0.3, 0.4) is 0 Å². The van der Waals surface area contributed by atoms with E-state index in [4.69, 9.17) is 4.74 Å². The van der Waals surface area contributed by atoms with Crippen molar-refractivity contribution in [2.24, 2.45) is 0 Å². The van der Waals surface area contributed by atoms with Crippen molar-refractivity contribution < 1.29 is 14.1 Å². The average Bonchev–Trinajstić information content (AvgIpc) is 3.13. The summed E-state index contributed by atoms with van der Waals surface area (Å²) >= 11 is 0. The summed E-state index contributed by atoms with van der Waals surface area (Å²) in [4.78, 5) is 16.6. The molecule has 4 rings (SSSR count). The van der Waals surface area contributed by atoms with Crippen molar-refractivity contribution in [3.05, 3.63) is 95.2 Å². The highest BCUT2D eigenvalue weighted by molar-refractivity contribution is 6.10. The van der Waals surface area contributed by atoms with Crippen LogP contribution in [-0.2, 0) is 9.53 Å². The lowest BCUT2D eigenvalue weighted by Gasteiger charge is -2.25. The van der Waals surface area contributed by atoms with E-state index in [1.165, 1.54) is 11.1 Å². The third kappa shape index (κ3) is 4.67. The van der Waals surface area contributed by atoms with Gasteiger partial charge in [0.25, 0.3) is 0 Å². The lowest BCUT2D eigenvalue weighted by atomic mass is 10.1. The van der Waals surface area contributed by atoms with Crippen LogP contribution in [0.4, 0.5) is 17.1 Å². The molecule has 3 aromatic rings. The Morgan fingerprint density at radius 1 is 0.818 bits per heavy atom. The monoisotopic (exact) mass is 440 g/mol. The second-order valence-corrected chi connectivity index (χ2v) is 8.44. The Labute approximate surface area is 195 Å². The van der Waals surface area contributed by atoms with Gasteiger partial charge in [0.15, 0.2) is 0 Å². The van der Waals surface area contributed by atoms with E-state index in [-0.39, 0.29) is 5.91 Å². The predicted molar refractivity (Wildman–Crippen MR) is 134 cm³/mol. The zero-order chi connectivity index (χ0) is 23.5. The SMILES string of the molecule is CCN1C(=O)/C(=C\c2ccc(N(c3ccc(C)cc3)c3ccc(C)cc3)cc2)OC1=[N+](C)C. The number of hydrogen-bond acceptors (Lipinski definition) is 3. The van der Waals surface area contributed by atoms with Crippen molar-refractivity contribution in [3.63, 3.8) is 0 Å². The first-order valence-electron chi connectivity index (χ1n) is 11.2. The third-order valence-electron chi connectivity index (χ3n) is 5.62. The van der Waals surface area contributed by atoms with Crippen LogP contribution in [0.2, 0.25) is 0 Å². The number of aryl methyl sites for hydroxylation is 2. The van der Waals surface area contributed by atoms with Crippen LogP contribution >= 0.6 is 0 Å². The van der Waals surface area contributed by atoms with E-state index >= 15 is 0 Å². The van der Waals surface area contributed by atoms with Crippen LogP contribution in [0.5, 0.6) is 0 Å². The molecule has 168 valence electrons. The van der Waals surface area contributed by atoms with Crippen LogP contribution in [0.15, 0.2) is 78.6 Å². The van der Waals surface area contributed by atoms with E-state index in [0.29, 0.717) is 18.3 Å². The fraction of sp³-hybridized carbons (Fsp3) is 0.214. The molecular formula is C28H30N3O2+. The Hall–Kier alpha value is -3.86. The van der Waals surface area contributed by atoms with Gasteiger partial charge < -0.3 is 9.64 Å². The van der Waals surface area contributed by atoms with E-state index in [1.54, 1.807) is 11.0 Å². The summed E-state index contributed by atoms with van der Waals surface area (Å²) in [5.41, 5.74) is 6.58. The van der Waals surface area contributed by atoms with Crippen molar-refractivity contribution >= 4 is 35.1 Å². The fourth-order valence-corrected chi connectivity index (χ4v) is 3.83. The molecule has 0 bridgehead atoms. The number of carbonyl (C=O) groups excluding carboxylic acids is 1. The first-order valence-corrected chi connectivity index (χ1v) is 11.2. The molecule has 0 spiro atoms. The maximum atomic E-state index is 12.7. The molecule has 0 unspecified atom stereocenters. The molecule has 3 aromatic carbocycles. The van der Waals surface area contributed by atoms with Gasteiger partial charge in [0.1, 0.15) is 0 Å². The number of hydrogen-bond donors (Lipinski definition) is 0. The minimum atomic E-state index is -0.119. The number of nitrogens with zero attached hydrogens (tertiary/aromatic N) is 3. The third-order valence-corrected chi connectivity index (χ3v) is 5.62. The first kappa shape index (κ1) is 22.3. The Balaban J connectivity index is 1.68. The Bertz CT molecular complexity index is 1160. The van der Waals surface area contributed by atoms with Gasteiger partial charge in [-0.05, 0) is 68.8 Å². The van der Waals surface area contributed by atoms with Gasteiger partial charge in [-0.15, -0.1) is 0 Å². The second kappa shape index (κ2) is 9.33. The Morgan fingerprint density at radius 2 is 1.27 bits per heavy atom. The summed E-state index contributed by atoms with van der Waals surface area (Å²) in [6.07, 6.45) is 1.80. The molecule has 5 heteroatoms. The number of amidine groups is 1. The normalized spacial score (nSPS) is 14.6. The number of ether oxygens (including phenoxy) is 1. The molecule has 5 nitrogen and oxygen atoms in total. The van der Waals surface area contributed by atoms with Crippen molar-refractivity contribution in [2.75, 3.05) is 25.5 Å². The molecule has 0 aromatic heterocycles. The maximum Gasteiger partial charge on any atom is 0.459 e. The molecule has 0 saturated carbocycles. The van der Waals surface area contributed by atoms with E-state index < -0.39 is 0 Å². The van der Waals surface area contributed by atoms with Crippen molar-refractivity contribution in [1.29, 1.82) is 0 Å². The number of likely N-dealkylation sites (N-methyl/N-ethyl adjacent to an activating group) is 1. The molecule has 0 N–H and O–H groups in total. The Kier molecular flexibility index (Phi) is 6.31. The molecule has 1 fully saturated rings. The van der Waals surface area contributed by atoms with Crippen LogP contribution in [0.25, 0.3) is 6.08 Å². The maximum absolute atomic E-state index is 12.7. The van der Waals surface area contributed by atoms with Crippen molar-refractivity contribution in [3.8, 4) is 0 Å². The molecule has 33 heavy (non-hydrogen) atoms. The fourth-order valence-electron chi connectivity index (χ4n) is 3.83. The quantitative estimate of drug-likeness (QED) is 0.382. The highest BCUT2D eigenvalue weighted by Gasteiger charge is 2.42. The van der Waals surface area contributed by atoms with Crippen LogP contribution in [0.1, 0.15) is 23.6 Å². The summed E-state index contributed by atoms with van der Waals surface area (Å²) in [7, 11) is 3.74. The highest BCUT2D eigenvalue weighted by Crippen LogP contribution is 2.35. The molecule has 0 aliphatic carbocycles. The molecule has 1 saturated heterocycles. The van der Waals surface area contributed by atoms with Gasteiger partial charge in [0.2, 0.25) is 5.76 Å². The van der Waals surface area contributed by atoms with Crippen molar-refractivity contribution in [1.82, 2.24) is 4.90 Å². The van der Waals surface area contributed by atoms with E-state index in [9.17, 15) is 4.79 Å². The lowest BCUT2D eigenvalue weighted by Crippen LogP contribution is -2.34. The molecule has 1 heterocycles. The number of rotatable bonds is 5. The van der Waals surface area contributed by atoms with Gasteiger partial charge in [0.05, 0.1) is 20.6 Å². The van der Waals surface area contributed by atoms with E-state index in [2.05, 4.69) is 79.4 Å². The molecule has 1 aliphatic rings. The highest BCUT2D eigenvalue weighted by atomic mass is 16.5. The summed E-state index contributed by atoms with van der Waals surface area (Å²) in [5, 5.41) is 0. The van der Waals surface area contributed by atoms with Crippen LogP contribution in [-0.4, -0.2) is 42.0 Å². The van der Waals surface area contributed by atoms with Gasteiger partial charge in [0, 0.05) is 17.1 Å². The second-order valence-electron chi connectivity index (χ2n) is 8.44. The van der Waals surface area contributed by atoms with Crippen LogP contribution in [0, 0.1) is 13.8 Å². The largest absolute Gasteiger partial charge is 0.459 e. The lowest BCUT2D eigenvalue weighted by molar-refractivity contribution is -0.478. The molecular weight excluding hydrogens is 410 g/mol. The van der Waals surface area contributed by atoms with Crippen LogP contribution < -0.4 is 4.90 Å². The summed E-state index contributed by atoms with van der Waals surface area (Å²) in [6, 6.07) is 25.7. The zero-order valence-electron chi connectivity index (χ0n) is 19.9. The Morgan fingerprint density at radius 3 is 1.67 bits per heavy atom. The minimum absolute atomic E-state index is 0.119. The standard InChI is InChI=1S/C28H30N3O2/c1-6-30-27(32)26(33-28(30)29(4)5)19-22-11-17-25(18-12-22)31(23-13-7-20(2)8-14-23)24-15-9-21(3)10-16-24/h7-19H,6H2,1-5H3/q+1/b26-19+. The number of benzene rings is 3. The molecule has 1 amide bonds. The topological polar surface area (TPSA) is 35.8 Å². The van der Waals surface area contributed by atoms with E-state index in [1.807, 2.05) is 37.7 Å². The summed E-state index contributed by atoms with van der Waals surface area (Å²) < 4.78 is 7.66. The summed E-state index contributed by atoms with van der Waals surface area (Å²) in [6.45, 7) is 6.68. The number of anilines is 3.